The first-order chi connectivity index (χ1) is 64.7. The number of H-pyrrole nitrogens is 1. The Labute approximate surface area is 758 Å². The summed E-state index contributed by atoms with van der Waals surface area (Å²) in [7, 11) is 0. The highest BCUT2D eigenvalue weighted by molar-refractivity contribution is 6.40. The Bertz CT molecular complexity index is 9210. The number of aromatic nitrogens is 2. The molecule has 606 valence electrons. The summed E-state index contributed by atoms with van der Waals surface area (Å²) in [6.45, 7) is 4.76. The standard InChI is InChI=1S/C45H30.2C42H25N/c1-45(2)39-19-11-10-18-33(39)34-21-20-32(26-40(34)45)42-36-23-29-15-7-9-17-31(29)25-38(36)43-41(27-12-4-3-5-13-27)35-22-28-14-6-8-16-30(28)24-37(35)44(42)43;1-2-10-25(11-3-1)39-33-20-26-12-4-6-14-28(26)22-35(33)42-40(34-21-27-13-5-7-15-29(27)23-36(34)41(39)42)30-18-19-38-32(24-30)31-16-8-9-17-37(31)43-38;1-2-12-26(13-3-1)39-33-22-27-14-4-5-15-28(27)23-34(33)41-40(39)35-24-29-16-6-7-17-30(29)25-36(35)42(41)43-37-20-10-8-18-31(37)32-19-9-11-21-38(32)43/h3-26H,1-2H3;1-24,43H;1-25H. The molecule has 0 aliphatic heterocycles. The maximum atomic E-state index is 3.62. The van der Waals surface area contributed by atoms with Gasteiger partial charge in [0.05, 0.1) is 16.7 Å². The van der Waals surface area contributed by atoms with E-state index in [1.165, 1.54) is 292 Å². The Hall–Kier alpha value is -16.8. The minimum Gasteiger partial charge on any atom is -0.355 e. The van der Waals surface area contributed by atoms with E-state index < -0.39 is 0 Å². The lowest BCUT2D eigenvalue weighted by molar-refractivity contribution is 0.660. The number of hydrogen-bond acceptors (Lipinski definition) is 0. The van der Waals surface area contributed by atoms with Crippen molar-refractivity contribution in [2.45, 2.75) is 19.3 Å². The molecule has 7 aliphatic carbocycles. The highest BCUT2D eigenvalue weighted by atomic mass is 15.0. The van der Waals surface area contributed by atoms with E-state index in [4.69, 9.17) is 0 Å². The highest BCUT2D eigenvalue weighted by Crippen LogP contribution is 2.65. The number of nitrogens with zero attached hydrogens (tertiary/aromatic N) is 1. The lowest BCUT2D eigenvalue weighted by Gasteiger charge is -2.22. The molecule has 2 heteroatoms. The minimum absolute atomic E-state index is 0.0599. The molecule has 0 bridgehead atoms. The highest BCUT2D eigenvalue weighted by Gasteiger charge is 2.44. The van der Waals surface area contributed by atoms with Gasteiger partial charge in [0.25, 0.3) is 0 Å². The lowest BCUT2D eigenvalue weighted by Crippen LogP contribution is -2.15. The Morgan fingerprint density at radius 1 is 0.168 bits per heavy atom. The molecule has 0 atom stereocenters. The zero-order chi connectivity index (χ0) is 86.0. The SMILES string of the molecule is CC1(C)c2ccccc2-c2ccc(C3=C4C(=C(c5ccccc5)c5cc6ccccc6cc54)c4cc5ccccc5cc43)cc21.c1ccc(C2=C3C(=C(c4ccc5[nH]c6ccccc6c5c4)c4cc5ccccc5cc43)c3cc4ccccc4cc32)cc1.c1ccc(C2=C3C(=C(n4c5ccccc5c5ccccc54)c4cc5ccccc5cc43)c3cc4ccccc4cc32)cc1. The number of fused-ring (bicyclic) bond motifs is 30. The number of rotatable bonds is 6. The Kier molecular flexibility index (Phi) is 15.8. The summed E-state index contributed by atoms with van der Waals surface area (Å²) in [5.41, 5.74) is 48.5. The van der Waals surface area contributed by atoms with Gasteiger partial charge in [0.15, 0.2) is 0 Å². The fourth-order valence-electron chi connectivity index (χ4n) is 23.6. The van der Waals surface area contributed by atoms with Gasteiger partial charge >= 0.3 is 0 Å². The van der Waals surface area contributed by atoms with E-state index in [0.717, 1.165) is 0 Å². The van der Waals surface area contributed by atoms with Crippen molar-refractivity contribution in [3.8, 4) is 11.1 Å². The van der Waals surface area contributed by atoms with Crippen LogP contribution in [0.1, 0.15) is 120 Å². The monoisotopic (exact) mass is 1660 g/mol. The summed E-state index contributed by atoms with van der Waals surface area (Å²) >= 11 is 0. The van der Waals surface area contributed by atoms with E-state index in [9.17, 15) is 0 Å². The summed E-state index contributed by atoms with van der Waals surface area (Å²) in [4.78, 5) is 3.62. The number of nitrogens with one attached hydrogen (secondary N) is 1. The molecule has 2 nitrogen and oxygen atoms in total. The first kappa shape index (κ1) is 73.4. The van der Waals surface area contributed by atoms with Gasteiger partial charge < -0.3 is 9.55 Å². The van der Waals surface area contributed by atoms with Crippen molar-refractivity contribution < 1.29 is 0 Å². The molecule has 21 aromatic carbocycles. The van der Waals surface area contributed by atoms with E-state index >= 15 is 0 Å². The first-order valence-corrected chi connectivity index (χ1v) is 45.8. The van der Waals surface area contributed by atoms with Gasteiger partial charge in [-0.05, 0) is 335 Å². The molecule has 0 fully saturated rings. The molecule has 23 aromatic rings. The molecular formula is C129H80N2. The van der Waals surface area contributed by atoms with E-state index in [0.29, 0.717) is 0 Å². The van der Waals surface area contributed by atoms with Gasteiger partial charge in [0, 0.05) is 54.7 Å². The summed E-state index contributed by atoms with van der Waals surface area (Å²) < 4.78 is 2.54. The third-order valence-electron chi connectivity index (χ3n) is 29.4. The normalized spacial score (nSPS) is 14.4. The predicted molar refractivity (Wildman–Crippen MR) is 554 cm³/mol. The molecule has 0 saturated heterocycles. The summed E-state index contributed by atoms with van der Waals surface area (Å²) in [5.74, 6) is 0. The molecule has 30 rings (SSSR count). The Morgan fingerprint density at radius 2 is 0.435 bits per heavy atom. The second-order valence-electron chi connectivity index (χ2n) is 36.8. The number of aromatic amines is 1. The van der Waals surface area contributed by atoms with Crippen molar-refractivity contribution in [1.29, 1.82) is 0 Å². The molecule has 2 aromatic heterocycles. The molecule has 0 radical (unpaired) electrons. The summed E-state index contributed by atoms with van der Waals surface area (Å²) in [6, 6.07) is 164. The summed E-state index contributed by atoms with van der Waals surface area (Å²) in [6.07, 6.45) is 0. The average Bonchev–Trinajstić information content (AvgIpc) is 1.46. The van der Waals surface area contributed by atoms with Gasteiger partial charge in [0.2, 0.25) is 0 Å². The van der Waals surface area contributed by atoms with Crippen molar-refractivity contribution in [2.24, 2.45) is 0 Å². The van der Waals surface area contributed by atoms with Crippen molar-refractivity contribution in [1.82, 2.24) is 9.55 Å². The van der Waals surface area contributed by atoms with Gasteiger partial charge in [0.1, 0.15) is 0 Å². The zero-order valence-corrected chi connectivity index (χ0v) is 72.1. The van der Waals surface area contributed by atoms with Crippen LogP contribution >= 0.6 is 0 Å². The van der Waals surface area contributed by atoms with Crippen molar-refractivity contribution in [3.63, 3.8) is 0 Å². The second-order valence-corrected chi connectivity index (χ2v) is 36.8. The largest absolute Gasteiger partial charge is 0.355 e. The molecule has 2 heterocycles. The van der Waals surface area contributed by atoms with Crippen LogP contribution in [0.15, 0.2) is 443 Å². The lowest BCUT2D eigenvalue weighted by atomic mass is 9.81. The summed E-state index contributed by atoms with van der Waals surface area (Å²) in [5, 5.41) is 20.4. The fraction of sp³-hybridized carbons (Fsp3) is 0.0233. The molecule has 131 heavy (non-hydrogen) atoms. The van der Waals surface area contributed by atoms with E-state index in [-0.39, 0.29) is 5.41 Å². The van der Waals surface area contributed by atoms with Crippen molar-refractivity contribution in [3.05, 3.63) is 549 Å². The smallest absolute Gasteiger partial charge is 0.0626 e. The number of allylic oxidation sites excluding steroid dienone is 6. The van der Waals surface area contributed by atoms with Crippen LogP contribution in [-0.4, -0.2) is 9.55 Å². The zero-order valence-electron chi connectivity index (χ0n) is 72.1. The van der Waals surface area contributed by atoms with E-state index in [1.807, 2.05) is 0 Å². The van der Waals surface area contributed by atoms with Crippen molar-refractivity contribution in [2.75, 3.05) is 0 Å². The van der Waals surface area contributed by atoms with Gasteiger partial charge in [-0.25, -0.2) is 0 Å². The Balaban J connectivity index is 0.0000000986. The van der Waals surface area contributed by atoms with Gasteiger partial charge in [-0.1, -0.05) is 347 Å². The van der Waals surface area contributed by atoms with Gasteiger partial charge in [-0.15, -0.1) is 0 Å². The van der Waals surface area contributed by atoms with Crippen LogP contribution in [0.5, 0.6) is 0 Å². The van der Waals surface area contributed by atoms with Crippen LogP contribution in [-0.2, 0) is 5.41 Å². The van der Waals surface area contributed by atoms with E-state index in [1.54, 1.807) is 0 Å². The number of hydrogen-bond donors (Lipinski definition) is 1. The molecule has 1 N–H and O–H groups in total. The molecule has 0 unspecified atom stereocenters. The van der Waals surface area contributed by atoms with Crippen LogP contribution in [0.25, 0.3) is 186 Å². The quantitative estimate of drug-likeness (QED) is 0.171. The molecule has 0 amide bonds. The second kappa shape index (κ2) is 28.1. The third-order valence-corrected chi connectivity index (χ3v) is 29.4. The maximum absolute atomic E-state index is 3.62. The van der Waals surface area contributed by atoms with E-state index in [2.05, 4.69) is 466 Å². The molecule has 7 aliphatic rings. The Morgan fingerprint density at radius 3 is 0.832 bits per heavy atom. The van der Waals surface area contributed by atoms with Crippen molar-refractivity contribution >= 4 is 175 Å². The van der Waals surface area contributed by atoms with Crippen LogP contribution in [0, 0.1) is 0 Å². The number of benzene rings is 21. The van der Waals surface area contributed by atoms with Gasteiger partial charge in [-0.3, -0.25) is 0 Å². The topological polar surface area (TPSA) is 20.7 Å². The van der Waals surface area contributed by atoms with Crippen LogP contribution in [0.3, 0.4) is 0 Å². The predicted octanol–water partition coefficient (Wildman–Crippen LogP) is 33.2. The molecule has 0 saturated carbocycles. The minimum atomic E-state index is -0.0599. The average molecular weight is 1660 g/mol. The first-order valence-electron chi connectivity index (χ1n) is 45.8. The maximum Gasteiger partial charge on any atom is 0.0626 e. The molecule has 0 spiro atoms. The number of para-hydroxylation sites is 3. The van der Waals surface area contributed by atoms with Crippen LogP contribution in [0.2, 0.25) is 0 Å². The third kappa shape index (κ3) is 10.9. The molecular weight excluding hydrogens is 1580 g/mol. The van der Waals surface area contributed by atoms with Gasteiger partial charge in [-0.2, -0.15) is 0 Å². The fourth-order valence-corrected chi connectivity index (χ4v) is 23.6. The van der Waals surface area contributed by atoms with Crippen LogP contribution in [0.4, 0.5) is 0 Å². The van der Waals surface area contributed by atoms with Crippen LogP contribution < -0.4 is 0 Å².